The van der Waals surface area contributed by atoms with Crippen LogP contribution in [0.25, 0.3) is 10.9 Å². The third-order valence-electron chi connectivity index (χ3n) is 3.77. The Hall–Kier alpha value is -3.08. The molecule has 0 aliphatic rings. The molecule has 142 valence electrons. The minimum Gasteiger partial charge on any atom is -0.366 e. The molecule has 0 atom stereocenters. The van der Waals surface area contributed by atoms with Crippen LogP contribution < -0.4 is 10.5 Å². The number of carbonyl (C=O) groups is 1. The van der Waals surface area contributed by atoms with Crippen LogP contribution in [0.4, 0.5) is 19.0 Å². The van der Waals surface area contributed by atoms with Crippen molar-refractivity contribution in [2.45, 2.75) is 18.0 Å². The summed E-state index contributed by atoms with van der Waals surface area (Å²) in [6.07, 6.45) is -4.59. The SMILES string of the molecule is Cc1cc(C(N)=O)cc(S(=O)(=O)Nc2n[nH]c3ccc(C(F)(F)F)cc23)c1. The van der Waals surface area contributed by atoms with Gasteiger partial charge in [-0.3, -0.25) is 14.6 Å². The minimum absolute atomic E-state index is 0.0124. The monoisotopic (exact) mass is 398 g/mol. The summed E-state index contributed by atoms with van der Waals surface area (Å²) in [7, 11) is -4.22. The number of nitrogens with zero attached hydrogens (tertiary/aromatic N) is 1. The van der Waals surface area contributed by atoms with Gasteiger partial charge < -0.3 is 5.73 Å². The molecule has 27 heavy (non-hydrogen) atoms. The average molecular weight is 398 g/mol. The summed E-state index contributed by atoms with van der Waals surface area (Å²) in [6.45, 7) is 1.57. The Morgan fingerprint density at radius 1 is 1.19 bits per heavy atom. The summed E-state index contributed by atoms with van der Waals surface area (Å²) in [6, 6.07) is 6.60. The molecular formula is C16H13F3N4O3S. The molecule has 0 saturated heterocycles. The molecule has 0 spiro atoms. The van der Waals surface area contributed by atoms with Crippen LogP contribution in [0.5, 0.6) is 0 Å². The molecule has 0 saturated carbocycles. The lowest BCUT2D eigenvalue weighted by molar-refractivity contribution is -0.137. The van der Waals surface area contributed by atoms with Crippen LogP contribution in [0.2, 0.25) is 0 Å². The second-order valence-electron chi connectivity index (χ2n) is 5.83. The molecule has 3 aromatic rings. The van der Waals surface area contributed by atoms with Gasteiger partial charge in [-0.2, -0.15) is 18.3 Å². The van der Waals surface area contributed by atoms with Gasteiger partial charge >= 0.3 is 6.18 Å². The fourth-order valence-corrected chi connectivity index (χ4v) is 3.65. The molecule has 1 aromatic heterocycles. The number of aromatic nitrogens is 2. The van der Waals surface area contributed by atoms with Crippen molar-refractivity contribution in [1.29, 1.82) is 0 Å². The molecule has 4 N–H and O–H groups in total. The van der Waals surface area contributed by atoms with Crippen LogP contribution in [0, 0.1) is 6.92 Å². The first-order valence-corrected chi connectivity index (χ1v) is 8.95. The first-order chi connectivity index (χ1) is 12.5. The van der Waals surface area contributed by atoms with Crippen LogP contribution in [0.1, 0.15) is 21.5 Å². The van der Waals surface area contributed by atoms with Gasteiger partial charge in [0.25, 0.3) is 10.0 Å². The number of carbonyl (C=O) groups excluding carboxylic acids is 1. The second kappa shape index (κ2) is 6.27. The number of fused-ring (bicyclic) bond motifs is 1. The first kappa shape index (κ1) is 18.7. The number of nitrogens with two attached hydrogens (primary N) is 1. The fraction of sp³-hybridized carbons (Fsp3) is 0.125. The highest BCUT2D eigenvalue weighted by Crippen LogP contribution is 2.33. The normalized spacial score (nSPS) is 12.3. The molecule has 7 nitrogen and oxygen atoms in total. The van der Waals surface area contributed by atoms with Crippen molar-refractivity contribution < 1.29 is 26.4 Å². The number of hydrogen-bond acceptors (Lipinski definition) is 4. The van der Waals surface area contributed by atoms with Gasteiger partial charge in [-0.25, -0.2) is 8.42 Å². The Balaban J connectivity index is 2.05. The van der Waals surface area contributed by atoms with E-state index in [2.05, 4.69) is 14.9 Å². The lowest BCUT2D eigenvalue weighted by atomic mass is 10.1. The van der Waals surface area contributed by atoms with Gasteiger partial charge in [0, 0.05) is 10.9 Å². The molecule has 11 heteroatoms. The van der Waals surface area contributed by atoms with Crippen molar-refractivity contribution in [3.8, 4) is 0 Å². The molecule has 1 amide bonds. The lowest BCUT2D eigenvalue weighted by Crippen LogP contribution is -2.16. The zero-order valence-corrected chi connectivity index (χ0v) is 14.6. The second-order valence-corrected chi connectivity index (χ2v) is 7.52. The number of aryl methyl sites for hydroxylation is 1. The van der Waals surface area contributed by atoms with Crippen molar-refractivity contribution >= 4 is 32.7 Å². The molecule has 0 aliphatic heterocycles. The van der Waals surface area contributed by atoms with E-state index in [0.717, 1.165) is 24.3 Å². The molecule has 3 rings (SSSR count). The smallest absolute Gasteiger partial charge is 0.366 e. The Morgan fingerprint density at radius 3 is 2.52 bits per heavy atom. The van der Waals surface area contributed by atoms with Gasteiger partial charge in [-0.05, 0) is 48.9 Å². The number of halogens is 3. The van der Waals surface area contributed by atoms with Crippen LogP contribution >= 0.6 is 0 Å². The van der Waals surface area contributed by atoms with E-state index < -0.39 is 27.7 Å². The van der Waals surface area contributed by atoms with E-state index in [4.69, 9.17) is 5.73 Å². The molecule has 0 bridgehead atoms. The number of aromatic amines is 1. The number of nitrogens with one attached hydrogen (secondary N) is 2. The largest absolute Gasteiger partial charge is 0.416 e. The zero-order valence-electron chi connectivity index (χ0n) is 13.8. The highest BCUT2D eigenvalue weighted by Gasteiger charge is 2.31. The topological polar surface area (TPSA) is 118 Å². The van der Waals surface area contributed by atoms with Gasteiger partial charge in [0.05, 0.1) is 16.0 Å². The average Bonchev–Trinajstić information content (AvgIpc) is 2.95. The molecule has 1 heterocycles. The van der Waals surface area contributed by atoms with E-state index in [1.165, 1.54) is 12.1 Å². The third kappa shape index (κ3) is 3.72. The highest BCUT2D eigenvalue weighted by atomic mass is 32.2. The van der Waals surface area contributed by atoms with Crippen molar-refractivity contribution in [3.63, 3.8) is 0 Å². The van der Waals surface area contributed by atoms with Gasteiger partial charge in [0.2, 0.25) is 5.91 Å². The Kier molecular flexibility index (Phi) is 4.34. The molecule has 0 radical (unpaired) electrons. The van der Waals surface area contributed by atoms with Gasteiger partial charge in [-0.1, -0.05) is 0 Å². The quantitative estimate of drug-likeness (QED) is 0.626. The number of amides is 1. The summed E-state index contributed by atoms with van der Waals surface area (Å²) in [4.78, 5) is 11.1. The summed E-state index contributed by atoms with van der Waals surface area (Å²) in [5, 5.41) is 6.15. The number of anilines is 1. The van der Waals surface area contributed by atoms with Gasteiger partial charge in [0.1, 0.15) is 0 Å². The predicted molar refractivity (Wildman–Crippen MR) is 91.6 cm³/mol. The summed E-state index contributed by atoms with van der Waals surface area (Å²) in [5.41, 5.74) is 4.93. The molecule has 0 fully saturated rings. The number of sulfonamides is 1. The number of alkyl halides is 3. The number of benzene rings is 2. The van der Waals surface area contributed by atoms with Crippen LogP contribution in [0.3, 0.4) is 0 Å². The van der Waals surface area contributed by atoms with Crippen molar-refractivity contribution in [3.05, 3.63) is 53.1 Å². The van der Waals surface area contributed by atoms with E-state index >= 15 is 0 Å². The number of rotatable bonds is 4. The van der Waals surface area contributed by atoms with Crippen LogP contribution in [0.15, 0.2) is 41.3 Å². The molecule has 0 aliphatic carbocycles. The minimum atomic E-state index is -4.59. The van der Waals surface area contributed by atoms with E-state index in [1.807, 2.05) is 0 Å². The fourth-order valence-electron chi connectivity index (χ4n) is 2.50. The van der Waals surface area contributed by atoms with E-state index in [1.54, 1.807) is 6.92 Å². The zero-order chi connectivity index (χ0) is 20.0. The molecule has 0 unspecified atom stereocenters. The Bertz CT molecular complexity index is 1150. The maximum atomic E-state index is 12.9. The molecule has 2 aromatic carbocycles. The van der Waals surface area contributed by atoms with Crippen LogP contribution in [-0.2, 0) is 16.2 Å². The maximum Gasteiger partial charge on any atom is 0.416 e. The summed E-state index contributed by atoms with van der Waals surface area (Å²) < 4.78 is 66.1. The summed E-state index contributed by atoms with van der Waals surface area (Å²) >= 11 is 0. The third-order valence-corrected chi connectivity index (χ3v) is 5.09. The maximum absolute atomic E-state index is 12.9. The van der Waals surface area contributed by atoms with Gasteiger partial charge in [0.15, 0.2) is 5.82 Å². The Morgan fingerprint density at radius 2 is 1.89 bits per heavy atom. The highest BCUT2D eigenvalue weighted by molar-refractivity contribution is 7.92. The lowest BCUT2D eigenvalue weighted by Gasteiger charge is -2.09. The standard InChI is InChI=1S/C16H13F3N4O3S/c1-8-4-9(14(20)24)6-11(5-8)27(25,26)23-15-12-7-10(16(17,18)19)2-3-13(12)21-22-15/h2-7H,1H3,(H2,20,24)(H2,21,22,23). The van der Waals surface area contributed by atoms with Crippen LogP contribution in [-0.4, -0.2) is 24.5 Å². The van der Waals surface area contributed by atoms with Crippen molar-refractivity contribution in [1.82, 2.24) is 10.2 Å². The first-order valence-electron chi connectivity index (χ1n) is 7.47. The van der Waals surface area contributed by atoms with Crippen molar-refractivity contribution in [2.75, 3.05) is 4.72 Å². The number of hydrogen-bond donors (Lipinski definition) is 3. The van der Waals surface area contributed by atoms with E-state index in [0.29, 0.717) is 5.56 Å². The number of primary amides is 1. The van der Waals surface area contributed by atoms with Crippen molar-refractivity contribution in [2.24, 2.45) is 5.73 Å². The predicted octanol–water partition coefficient (Wildman–Crippen LogP) is 2.79. The number of H-pyrrole nitrogens is 1. The van der Waals surface area contributed by atoms with E-state index in [-0.39, 0.29) is 27.2 Å². The van der Waals surface area contributed by atoms with E-state index in [9.17, 15) is 26.4 Å². The Labute approximate surface area is 151 Å². The summed E-state index contributed by atoms with van der Waals surface area (Å²) in [5.74, 6) is -1.10. The molecular weight excluding hydrogens is 385 g/mol. The van der Waals surface area contributed by atoms with Gasteiger partial charge in [-0.15, -0.1) is 0 Å².